The maximum Gasteiger partial charge on any atom is 0.159 e. The molecule has 102 valence electrons. The topological polar surface area (TPSA) is 46.8 Å². The van der Waals surface area contributed by atoms with Gasteiger partial charge in [0.1, 0.15) is 6.33 Å². The Labute approximate surface area is 109 Å². The Bertz CT molecular complexity index is 527. The van der Waals surface area contributed by atoms with E-state index in [2.05, 4.69) is 15.5 Å². The third-order valence-electron chi connectivity index (χ3n) is 2.86. The number of hydrogen-bond acceptors (Lipinski definition) is 4. The molecule has 2 aromatic rings. The lowest BCUT2D eigenvalue weighted by molar-refractivity contribution is 0.353. The molecule has 19 heavy (non-hydrogen) atoms. The third kappa shape index (κ3) is 3.31. The molecule has 1 aromatic heterocycles. The fraction of sp³-hybridized carbons (Fsp3) is 0.417. The van der Waals surface area contributed by atoms with Crippen LogP contribution in [-0.4, -0.2) is 45.7 Å². The van der Waals surface area contributed by atoms with E-state index in [1.165, 1.54) is 12.4 Å². The van der Waals surface area contributed by atoms with Crippen molar-refractivity contribution in [1.29, 1.82) is 0 Å². The highest BCUT2D eigenvalue weighted by Gasteiger charge is 2.17. The third-order valence-corrected chi connectivity index (χ3v) is 2.86. The molecule has 0 saturated carbocycles. The van der Waals surface area contributed by atoms with E-state index in [1.54, 1.807) is 10.7 Å². The fourth-order valence-electron chi connectivity index (χ4n) is 1.86. The van der Waals surface area contributed by atoms with Gasteiger partial charge in [-0.15, -0.1) is 5.10 Å². The first kappa shape index (κ1) is 13.5. The van der Waals surface area contributed by atoms with E-state index in [0.29, 0.717) is 12.0 Å². The lowest BCUT2D eigenvalue weighted by Crippen LogP contribution is -2.20. The van der Waals surface area contributed by atoms with Crippen LogP contribution in [0.25, 0.3) is 0 Å². The summed E-state index contributed by atoms with van der Waals surface area (Å²) in [4.78, 5) is 2.01. The molecular formula is C12H15F2N5. The van der Waals surface area contributed by atoms with Crippen LogP contribution in [0.1, 0.15) is 18.0 Å². The van der Waals surface area contributed by atoms with E-state index < -0.39 is 11.6 Å². The van der Waals surface area contributed by atoms with Gasteiger partial charge < -0.3 is 4.90 Å². The van der Waals surface area contributed by atoms with Crippen molar-refractivity contribution in [2.24, 2.45) is 0 Å². The zero-order valence-electron chi connectivity index (χ0n) is 10.8. The molecule has 0 aliphatic carbocycles. The minimum Gasteiger partial charge on any atom is -0.309 e. The van der Waals surface area contributed by atoms with E-state index >= 15 is 0 Å². The monoisotopic (exact) mass is 267 g/mol. The van der Waals surface area contributed by atoms with Crippen molar-refractivity contribution < 1.29 is 8.78 Å². The lowest BCUT2D eigenvalue weighted by atomic mass is 10.0. The molecule has 0 amide bonds. The molecule has 0 N–H and O–H groups in total. The van der Waals surface area contributed by atoms with E-state index in [0.717, 1.165) is 12.6 Å². The molecule has 1 atom stereocenters. The zero-order valence-corrected chi connectivity index (χ0v) is 10.8. The zero-order chi connectivity index (χ0) is 13.8. The number of benzene rings is 1. The van der Waals surface area contributed by atoms with Crippen molar-refractivity contribution in [3.05, 3.63) is 41.7 Å². The largest absolute Gasteiger partial charge is 0.309 e. The Morgan fingerprint density at radius 3 is 2.63 bits per heavy atom. The van der Waals surface area contributed by atoms with Crippen LogP contribution in [0.5, 0.6) is 0 Å². The second-order valence-electron chi connectivity index (χ2n) is 4.57. The van der Waals surface area contributed by atoms with Crippen molar-refractivity contribution in [3.8, 4) is 0 Å². The van der Waals surface area contributed by atoms with E-state index in [-0.39, 0.29) is 6.04 Å². The van der Waals surface area contributed by atoms with Gasteiger partial charge in [0.2, 0.25) is 0 Å². The van der Waals surface area contributed by atoms with Crippen LogP contribution >= 0.6 is 0 Å². The fourth-order valence-corrected chi connectivity index (χ4v) is 1.86. The first-order valence-electron chi connectivity index (χ1n) is 5.90. The summed E-state index contributed by atoms with van der Waals surface area (Å²) in [6, 6.07) is 3.66. The van der Waals surface area contributed by atoms with Gasteiger partial charge in [0.05, 0.1) is 6.04 Å². The lowest BCUT2D eigenvalue weighted by Gasteiger charge is -2.19. The van der Waals surface area contributed by atoms with E-state index in [1.807, 2.05) is 19.0 Å². The molecule has 1 heterocycles. The summed E-state index contributed by atoms with van der Waals surface area (Å²) in [6.45, 7) is 0.781. The summed E-state index contributed by atoms with van der Waals surface area (Å²) < 4.78 is 27.9. The SMILES string of the molecule is CN(C)CCC(c1ccc(F)c(F)c1)n1cnnn1. The molecule has 0 bridgehead atoms. The van der Waals surface area contributed by atoms with Crippen LogP contribution in [0.2, 0.25) is 0 Å². The smallest absolute Gasteiger partial charge is 0.159 e. The van der Waals surface area contributed by atoms with Gasteiger partial charge in [-0.25, -0.2) is 13.5 Å². The van der Waals surface area contributed by atoms with Crippen molar-refractivity contribution in [3.63, 3.8) is 0 Å². The van der Waals surface area contributed by atoms with Gasteiger partial charge in [0.25, 0.3) is 0 Å². The summed E-state index contributed by atoms with van der Waals surface area (Å²) >= 11 is 0. The Morgan fingerprint density at radius 2 is 2.05 bits per heavy atom. The number of rotatable bonds is 5. The standard InChI is InChI=1S/C12H15F2N5/c1-18(2)6-5-12(19-8-15-16-17-19)9-3-4-10(13)11(14)7-9/h3-4,7-8,12H,5-6H2,1-2H3. The van der Waals surface area contributed by atoms with Gasteiger partial charge in [0.15, 0.2) is 11.6 Å². The molecular weight excluding hydrogens is 252 g/mol. The molecule has 1 unspecified atom stereocenters. The molecule has 0 saturated heterocycles. The molecule has 7 heteroatoms. The predicted octanol–water partition coefficient (Wildman–Crippen LogP) is 1.49. The van der Waals surface area contributed by atoms with Crippen molar-refractivity contribution in [1.82, 2.24) is 25.1 Å². The minimum atomic E-state index is -0.861. The summed E-state index contributed by atoms with van der Waals surface area (Å²) in [5, 5.41) is 11.0. The average molecular weight is 267 g/mol. The molecule has 0 radical (unpaired) electrons. The Balaban J connectivity index is 2.28. The molecule has 0 aliphatic heterocycles. The Kier molecular flexibility index (Phi) is 4.16. The highest BCUT2D eigenvalue weighted by molar-refractivity contribution is 5.21. The maximum atomic E-state index is 13.3. The van der Waals surface area contributed by atoms with Crippen LogP contribution in [0, 0.1) is 11.6 Å². The first-order chi connectivity index (χ1) is 9.08. The number of tetrazole rings is 1. The van der Waals surface area contributed by atoms with Crippen LogP contribution in [0.15, 0.2) is 24.5 Å². The van der Waals surface area contributed by atoms with Gasteiger partial charge in [0, 0.05) is 0 Å². The number of aromatic nitrogens is 4. The van der Waals surface area contributed by atoms with Gasteiger partial charge in [-0.05, 0) is 55.2 Å². The highest BCUT2D eigenvalue weighted by atomic mass is 19.2. The number of halogens is 2. The van der Waals surface area contributed by atoms with Gasteiger partial charge in [-0.2, -0.15) is 0 Å². The molecule has 5 nitrogen and oxygen atoms in total. The summed E-state index contributed by atoms with van der Waals surface area (Å²) in [6.07, 6.45) is 2.17. The quantitative estimate of drug-likeness (QED) is 0.823. The average Bonchev–Trinajstić information content (AvgIpc) is 2.87. The predicted molar refractivity (Wildman–Crippen MR) is 65.5 cm³/mol. The summed E-state index contributed by atoms with van der Waals surface area (Å²) in [5.41, 5.74) is 0.646. The van der Waals surface area contributed by atoms with Crippen LogP contribution < -0.4 is 0 Å². The van der Waals surface area contributed by atoms with E-state index in [4.69, 9.17) is 0 Å². The molecule has 1 aromatic carbocycles. The van der Waals surface area contributed by atoms with Crippen molar-refractivity contribution in [2.75, 3.05) is 20.6 Å². The molecule has 2 rings (SSSR count). The second-order valence-corrected chi connectivity index (χ2v) is 4.57. The Hall–Kier alpha value is -1.89. The summed E-state index contributed by atoms with van der Waals surface area (Å²) in [5.74, 6) is -1.72. The number of nitrogens with zero attached hydrogens (tertiary/aromatic N) is 5. The summed E-state index contributed by atoms with van der Waals surface area (Å²) in [7, 11) is 3.89. The number of hydrogen-bond donors (Lipinski definition) is 0. The van der Waals surface area contributed by atoms with Crippen LogP contribution in [0.4, 0.5) is 8.78 Å². The first-order valence-corrected chi connectivity index (χ1v) is 5.90. The molecule has 0 spiro atoms. The normalized spacial score (nSPS) is 12.9. The van der Waals surface area contributed by atoms with Gasteiger partial charge >= 0.3 is 0 Å². The molecule has 0 aliphatic rings. The van der Waals surface area contributed by atoms with Crippen LogP contribution in [-0.2, 0) is 0 Å². The Morgan fingerprint density at radius 1 is 1.26 bits per heavy atom. The maximum absolute atomic E-state index is 13.3. The van der Waals surface area contributed by atoms with Gasteiger partial charge in [-0.3, -0.25) is 0 Å². The minimum absolute atomic E-state index is 0.215. The van der Waals surface area contributed by atoms with E-state index in [9.17, 15) is 8.78 Å². The molecule has 0 fully saturated rings. The second kappa shape index (κ2) is 5.83. The van der Waals surface area contributed by atoms with Crippen molar-refractivity contribution >= 4 is 0 Å². The van der Waals surface area contributed by atoms with Crippen molar-refractivity contribution in [2.45, 2.75) is 12.5 Å². The van der Waals surface area contributed by atoms with Crippen LogP contribution in [0.3, 0.4) is 0 Å². The van der Waals surface area contributed by atoms with Gasteiger partial charge in [-0.1, -0.05) is 6.07 Å². The highest BCUT2D eigenvalue weighted by Crippen LogP contribution is 2.22.